The summed E-state index contributed by atoms with van der Waals surface area (Å²) in [5, 5.41) is 4.00. The number of ether oxygens (including phenoxy) is 2. The zero-order valence-electron chi connectivity index (χ0n) is 12.8. The predicted octanol–water partition coefficient (Wildman–Crippen LogP) is 3.25. The molecular formula is C17H18FNO3S. The Bertz CT molecular complexity index is 644. The largest absolute Gasteiger partial charge is 0.478 e. The number of thiophene rings is 1. The van der Waals surface area contributed by atoms with E-state index < -0.39 is 6.10 Å². The number of carbonyl (C=O) groups is 1. The fourth-order valence-corrected chi connectivity index (χ4v) is 3.34. The Morgan fingerprint density at radius 3 is 2.70 bits per heavy atom. The van der Waals surface area contributed by atoms with Gasteiger partial charge in [0.25, 0.3) is 5.91 Å². The molecule has 0 spiro atoms. The number of carbonyl (C=O) groups excluding carboxylic acids is 1. The van der Waals surface area contributed by atoms with Gasteiger partial charge in [0, 0.05) is 13.2 Å². The lowest BCUT2D eigenvalue weighted by molar-refractivity contribution is -0.165. The molecule has 2 heterocycles. The Morgan fingerprint density at radius 1 is 1.26 bits per heavy atom. The summed E-state index contributed by atoms with van der Waals surface area (Å²) in [4.78, 5) is 14.2. The second-order valence-electron chi connectivity index (χ2n) is 5.22. The van der Waals surface area contributed by atoms with Gasteiger partial charge in [0.15, 0.2) is 0 Å². The van der Waals surface area contributed by atoms with Gasteiger partial charge in [0.05, 0.1) is 6.61 Å². The van der Waals surface area contributed by atoms with Gasteiger partial charge in [0.2, 0.25) is 6.10 Å². The summed E-state index contributed by atoms with van der Waals surface area (Å²) in [7, 11) is 0. The monoisotopic (exact) mass is 335 g/mol. The van der Waals surface area contributed by atoms with Crippen molar-refractivity contribution in [1.82, 2.24) is 4.90 Å². The molecule has 0 saturated carbocycles. The standard InChI is InChI=1S/C17H18FNO3S/c1-2-21-9-8-19-15(12-7-10-23-11-12)16(17(19)20)22-14-5-3-13(18)4-6-14/h3-7,10-11,15-16H,2,8-9H2,1H3/t15-,16+/m0/s1. The minimum atomic E-state index is -0.573. The molecule has 1 aliphatic heterocycles. The predicted molar refractivity (Wildman–Crippen MR) is 86.1 cm³/mol. The maximum atomic E-state index is 13.0. The van der Waals surface area contributed by atoms with E-state index in [1.807, 2.05) is 23.8 Å². The van der Waals surface area contributed by atoms with Gasteiger partial charge in [-0.1, -0.05) is 0 Å². The van der Waals surface area contributed by atoms with Crippen molar-refractivity contribution in [3.63, 3.8) is 0 Å². The SMILES string of the molecule is CCOCCN1C(=O)[C@H](Oc2ccc(F)cc2)[C@@H]1c1ccsc1. The summed E-state index contributed by atoms with van der Waals surface area (Å²) in [6.07, 6.45) is -0.573. The second kappa shape index (κ2) is 7.10. The van der Waals surface area contributed by atoms with Crippen molar-refractivity contribution in [3.8, 4) is 5.75 Å². The van der Waals surface area contributed by atoms with E-state index in [1.54, 1.807) is 16.2 Å². The highest BCUT2D eigenvalue weighted by Gasteiger charge is 2.50. The summed E-state index contributed by atoms with van der Waals surface area (Å²) < 4.78 is 24.1. The number of likely N-dealkylation sites (tertiary alicyclic amines) is 1. The van der Waals surface area contributed by atoms with Gasteiger partial charge in [-0.2, -0.15) is 11.3 Å². The smallest absolute Gasteiger partial charge is 0.266 e. The summed E-state index contributed by atoms with van der Waals surface area (Å²) in [5.74, 6) is 0.102. The molecule has 1 saturated heterocycles. The molecule has 0 N–H and O–H groups in total. The molecule has 122 valence electrons. The van der Waals surface area contributed by atoms with Crippen molar-refractivity contribution in [2.75, 3.05) is 19.8 Å². The van der Waals surface area contributed by atoms with E-state index in [1.165, 1.54) is 24.3 Å². The Morgan fingerprint density at radius 2 is 2.04 bits per heavy atom. The second-order valence-corrected chi connectivity index (χ2v) is 6.00. The minimum absolute atomic E-state index is 0.0646. The maximum Gasteiger partial charge on any atom is 0.266 e. The highest BCUT2D eigenvalue weighted by atomic mass is 32.1. The number of hydrogen-bond acceptors (Lipinski definition) is 4. The first-order valence-electron chi connectivity index (χ1n) is 7.53. The van der Waals surface area contributed by atoms with E-state index in [9.17, 15) is 9.18 Å². The number of nitrogens with zero attached hydrogens (tertiary/aromatic N) is 1. The molecule has 4 nitrogen and oxygen atoms in total. The lowest BCUT2D eigenvalue weighted by atomic mass is 9.92. The molecule has 6 heteroatoms. The van der Waals surface area contributed by atoms with Crippen molar-refractivity contribution >= 4 is 17.2 Å². The van der Waals surface area contributed by atoms with Crippen LogP contribution >= 0.6 is 11.3 Å². The van der Waals surface area contributed by atoms with Crippen LogP contribution in [0.3, 0.4) is 0 Å². The third-order valence-corrected chi connectivity index (χ3v) is 4.49. The van der Waals surface area contributed by atoms with Crippen LogP contribution in [-0.2, 0) is 9.53 Å². The van der Waals surface area contributed by atoms with Gasteiger partial charge in [-0.15, -0.1) is 0 Å². The summed E-state index contributed by atoms with van der Waals surface area (Å²) in [6, 6.07) is 7.60. The van der Waals surface area contributed by atoms with Crippen molar-refractivity contribution in [2.45, 2.75) is 19.1 Å². The van der Waals surface area contributed by atoms with Crippen molar-refractivity contribution in [1.29, 1.82) is 0 Å². The molecule has 1 amide bonds. The first kappa shape index (κ1) is 16.0. The van der Waals surface area contributed by atoms with Crippen molar-refractivity contribution in [3.05, 3.63) is 52.5 Å². The Kier molecular flexibility index (Phi) is 4.93. The molecule has 1 aromatic carbocycles. The van der Waals surface area contributed by atoms with Crippen LogP contribution in [0.25, 0.3) is 0 Å². The molecule has 0 aliphatic carbocycles. The maximum absolute atomic E-state index is 13.0. The Balaban J connectivity index is 1.73. The first-order valence-corrected chi connectivity index (χ1v) is 8.47. The summed E-state index contributed by atoms with van der Waals surface area (Å²) in [5.41, 5.74) is 1.05. The number of halogens is 1. The van der Waals surface area contributed by atoms with Gasteiger partial charge in [-0.25, -0.2) is 4.39 Å². The van der Waals surface area contributed by atoms with Gasteiger partial charge >= 0.3 is 0 Å². The molecule has 1 fully saturated rings. The average molecular weight is 335 g/mol. The number of benzene rings is 1. The molecule has 0 unspecified atom stereocenters. The normalized spacial score (nSPS) is 20.4. The number of rotatable bonds is 7. The molecule has 2 atom stereocenters. The van der Waals surface area contributed by atoms with Crippen LogP contribution in [0.2, 0.25) is 0 Å². The summed E-state index contributed by atoms with van der Waals surface area (Å²) in [6.45, 7) is 3.60. The zero-order chi connectivity index (χ0) is 16.2. The van der Waals surface area contributed by atoms with Crippen LogP contribution in [0.1, 0.15) is 18.5 Å². The third kappa shape index (κ3) is 3.38. The van der Waals surface area contributed by atoms with Gasteiger partial charge in [-0.05, 0) is 53.6 Å². The first-order chi connectivity index (χ1) is 11.2. The molecular weight excluding hydrogens is 317 g/mol. The molecule has 1 aromatic heterocycles. The van der Waals surface area contributed by atoms with Gasteiger partial charge < -0.3 is 14.4 Å². The van der Waals surface area contributed by atoms with E-state index in [2.05, 4.69) is 0 Å². The fourth-order valence-electron chi connectivity index (χ4n) is 2.65. The Hall–Kier alpha value is -1.92. The average Bonchev–Trinajstić information content (AvgIpc) is 3.08. The van der Waals surface area contributed by atoms with E-state index in [-0.39, 0.29) is 17.8 Å². The van der Waals surface area contributed by atoms with E-state index in [0.717, 1.165) is 5.56 Å². The van der Waals surface area contributed by atoms with Crippen LogP contribution in [0.15, 0.2) is 41.1 Å². The van der Waals surface area contributed by atoms with Gasteiger partial charge in [0.1, 0.15) is 17.6 Å². The Labute approximate surface area is 138 Å². The molecule has 1 aliphatic rings. The molecule has 0 bridgehead atoms. The minimum Gasteiger partial charge on any atom is -0.478 e. The fraction of sp³-hybridized carbons (Fsp3) is 0.353. The molecule has 3 rings (SSSR count). The third-order valence-electron chi connectivity index (χ3n) is 3.79. The van der Waals surface area contributed by atoms with E-state index >= 15 is 0 Å². The number of amides is 1. The van der Waals surface area contributed by atoms with E-state index in [0.29, 0.717) is 25.5 Å². The number of β-lactam (4-membered cyclic amide) rings is 1. The van der Waals surface area contributed by atoms with Crippen molar-refractivity contribution in [2.24, 2.45) is 0 Å². The zero-order valence-corrected chi connectivity index (χ0v) is 13.6. The molecule has 23 heavy (non-hydrogen) atoms. The van der Waals surface area contributed by atoms with Crippen LogP contribution in [0.4, 0.5) is 4.39 Å². The summed E-state index contributed by atoms with van der Waals surface area (Å²) >= 11 is 1.58. The van der Waals surface area contributed by atoms with Crippen LogP contribution < -0.4 is 4.74 Å². The van der Waals surface area contributed by atoms with E-state index in [4.69, 9.17) is 9.47 Å². The van der Waals surface area contributed by atoms with Crippen LogP contribution in [0, 0.1) is 5.82 Å². The van der Waals surface area contributed by atoms with Crippen molar-refractivity contribution < 1.29 is 18.7 Å². The van der Waals surface area contributed by atoms with Crippen LogP contribution in [-0.4, -0.2) is 36.7 Å². The highest BCUT2D eigenvalue weighted by Crippen LogP contribution is 2.38. The number of hydrogen-bond donors (Lipinski definition) is 0. The lowest BCUT2D eigenvalue weighted by Gasteiger charge is -2.46. The molecule has 0 radical (unpaired) electrons. The quantitative estimate of drug-likeness (QED) is 0.576. The highest BCUT2D eigenvalue weighted by molar-refractivity contribution is 7.08. The lowest BCUT2D eigenvalue weighted by Crippen LogP contribution is -2.61. The topological polar surface area (TPSA) is 38.8 Å². The van der Waals surface area contributed by atoms with Gasteiger partial charge in [-0.3, -0.25) is 4.79 Å². The van der Waals surface area contributed by atoms with Crippen LogP contribution in [0.5, 0.6) is 5.75 Å². The molecule has 2 aromatic rings.